The Morgan fingerprint density at radius 3 is 3.17 bits per heavy atom. The van der Waals surface area contributed by atoms with Crippen molar-refractivity contribution in [2.45, 2.75) is 37.2 Å². The van der Waals surface area contributed by atoms with Gasteiger partial charge in [0.15, 0.2) is 0 Å². The number of hydrogen-bond acceptors (Lipinski definition) is 5. The van der Waals surface area contributed by atoms with Gasteiger partial charge in [0.05, 0.1) is 11.4 Å². The molecule has 1 aromatic carbocycles. The second-order valence-electron chi connectivity index (χ2n) is 6.03. The van der Waals surface area contributed by atoms with Crippen molar-refractivity contribution in [2.75, 3.05) is 11.1 Å². The smallest absolute Gasteiger partial charge is 0.251 e. The molecular weight excluding hydrogens is 326 g/mol. The molecule has 0 radical (unpaired) electrons. The van der Waals surface area contributed by atoms with Crippen molar-refractivity contribution < 1.29 is 9.59 Å². The fraction of sp³-hybridized carbons (Fsp3) is 0.375. The number of anilines is 1. The summed E-state index contributed by atoms with van der Waals surface area (Å²) in [6, 6.07) is 5.49. The molecule has 1 atom stereocenters. The van der Waals surface area contributed by atoms with Crippen LogP contribution in [0.2, 0.25) is 0 Å². The van der Waals surface area contributed by atoms with Crippen LogP contribution in [0.1, 0.15) is 28.4 Å². The van der Waals surface area contributed by atoms with E-state index in [9.17, 15) is 9.59 Å². The van der Waals surface area contributed by atoms with Crippen LogP contribution in [0.3, 0.4) is 0 Å². The van der Waals surface area contributed by atoms with E-state index in [1.165, 1.54) is 11.8 Å². The maximum Gasteiger partial charge on any atom is 0.251 e. The first kappa shape index (κ1) is 15.2. The van der Waals surface area contributed by atoms with Gasteiger partial charge in [-0.2, -0.15) is 0 Å². The van der Waals surface area contributed by atoms with E-state index in [1.54, 1.807) is 12.1 Å². The molecule has 7 nitrogen and oxygen atoms in total. The average molecular weight is 343 g/mol. The Bertz CT molecular complexity index is 832. The number of benzene rings is 1. The first-order valence-electron chi connectivity index (χ1n) is 7.86. The monoisotopic (exact) mass is 343 g/mol. The molecule has 2 aliphatic heterocycles. The van der Waals surface area contributed by atoms with Crippen LogP contribution >= 0.6 is 11.8 Å². The van der Waals surface area contributed by atoms with Gasteiger partial charge in [-0.15, -0.1) is 22.0 Å². The van der Waals surface area contributed by atoms with E-state index in [2.05, 4.69) is 25.4 Å². The summed E-state index contributed by atoms with van der Waals surface area (Å²) in [5.41, 5.74) is 1.27. The normalized spacial score (nSPS) is 19.2. The molecule has 0 bridgehead atoms. The van der Waals surface area contributed by atoms with E-state index in [1.807, 2.05) is 13.0 Å². The summed E-state index contributed by atoms with van der Waals surface area (Å²) in [7, 11) is 0. The number of thioether (sulfide) groups is 1. The molecule has 8 heteroatoms. The van der Waals surface area contributed by atoms with Gasteiger partial charge in [0, 0.05) is 29.5 Å². The quantitative estimate of drug-likeness (QED) is 0.860. The predicted molar refractivity (Wildman–Crippen MR) is 90.1 cm³/mol. The lowest BCUT2D eigenvalue weighted by atomic mass is 10.1. The molecule has 0 aliphatic carbocycles. The number of nitrogens with one attached hydrogen (secondary N) is 2. The molecule has 3 heterocycles. The van der Waals surface area contributed by atoms with Gasteiger partial charge >= 0.3 is 0 Å². The van der Waals surface area contributed by atoms with Gasteiger partial charge in [-0.3, -0.25) is 9.59 Å². The average Bonchev–Trinajstić information content (AvgIpc) is 2.95. The van der Waals surface area contributed by atoms with Gasteiger partial charge in [-0.1, -0.05) is 0 Å². The van der Waals surface area contributed by atoms with Crippen molar-refractivity contribution in [1.82, 2.24) is 20.1 Å². The third kappa shape index (κ3) is 2.77. The highest BCUT2D eigenvalue weighted by atomic mass is 32.2. The lowest BCUT2D eigenvalue weighted by Gasteiger charge is -2.25. The first-order chi connectivity index (χ1) is 11.6. The molecule has 1 aromatic heterocycles. The maximum atomic E-state index is 12.5. The molecule has 0 saturated heterocycles. The summed E-state index contributed by atoms with van der Waals surface area (Å²) < 4.78 is 2.05. The highest BCUT2D eigenvalue weighted by Gasteiger charge is 2.24. The third-order valence-electron chi connectivity index (χ3n) is 4.34. The second-order valence-corrected chi connectivity index (χ2v) is 7.05. The summed E-state index contributed by atoms with van der Waals surface area (Å²) in [6.07, 6.45) is 1.66. The van der Waals surface area contributed by atoms with E-state index in [4.69, 9.17) is 0 Å². The van der Waals surface area contributed by atoms with Crippen molar-refractivity contribution in [3.63, 3.8) is 0 Å². The van der Waals surface area contributed by atoms with Crippen LogP contribution in [-0.4, -0.2) is 38.4 Å². The minimum absolute atomic E-state index is 0.0343. The molecule has 2 aliphatic rings. The van der Waals surface area contributed by atoms with E-state index < -0.39 is 0 Å². The highest BCUT2D eigenvalue weighted by Crippen LogP contribution is 2.32. The van der Waals surface area contributed by atoms with Crippen LogP contribution in [-0.2, 0) is 17.8 Å². The van der Waals surface area contributed by atoms with Gasteiger partial charge in [-0.05, 0) is 31.5 Å². The number of rotatable bonds is 2. The Balaban J connectivity index is 1.48. The van der Waals surface area contributed by atoms with Gasteiger partial charge in [0.25, 0.3) is 5.91 Å². The Hall–Kier alpha value is -2.35. The molecule has 0 spiro atoms. The molecule has 24 heavy (non-hydrogen) atoms. The van der Waals surface area contributed by atoms with Crippen molar-refractivity contribution in [3.8, 4) is 0 Å². The number of carbonyl (C=O) groups excluding carboxylic acids is 2. The van der Waals surface area contributed by atoms with E-state index in [0.29, 0.717) is 23.5 Å². The van der Waals surface area contributed by atoms with Crippen molar-refractivity contribution in [1.29, 1.82) is 0 Å². The minimum Gasteiger partial charge on any atom is -0.347 e. The molecule has 2 amide bonds. The number of carbonyl (C=O) groups is 2. The van der Waals surface area contributed by atoms with Gasteiger partial charge in [0.2, 0.25) is 5.91 Å². The second kappa shape index (κ2) is 5.94. The molecule has 2 N–H and O–H groups in total. The van der Waals surface area contributed by atoms with Crippen LogP contribution in [0.4, 0.5) is 5.69 Å². The largest absolute Gasteiger partial charge is 0.347 e. The number of nitrogens with zero attached hydrogens (tertiary/aromatic N) is 3. The summed E-state index contributed by atoms with van der Waals surface area (Å²) in [5, 5.41) is 14.1. The van der Waals surface area contributed by atoms with Crippen LogP contribution in [0.5, 0.6) is 0 Å². The lowest BCUT2D eigenvalue weighted by Crippen LogP contribution is -2.41. The van der Waals surface area contributed by atoms with E-state index in [-0.39, 0.29) is 17.9 Å². The Morgan fingerprint density at radius 1 is 1.42 bits per heavy atom. The van der Waals surface area contributed by atoms with Crippen molar-refractivity contribution in [2.24, 2.45) is 0 Å². The zero-order valence-electron chi connectivity index (χ0n) is 13.2. The zero-order valence-corrected chi connectivity index (χ0v) is 14.0. The fourth-order valence-corrected chi connectivity index (χ4v) is 3.86. The number of hydrogen-bond donors (Lipinski definition) is 2. The lowest BCUT2D eigenvalue weighted by molar-refractivity contribution is -0.113. The third-order valence-corrected chi connectivity index (χ3v) is 5.42. The van der Waals surface area contributed by atoms with Crippen LogP contribution < -0.4 is 10.6 Å². The molecule has 0 fully saturated rings. The number of amides is 2. The fourth-order valence-electron chi connectivity index (χ4n) is 3.07. The topological polar surface area (TPSA) is 88.9 Å². The van der Waals surface area contributed by atoms with Crippen LogP contribution in [0.15, 0.2) is 23.1 Å². The van der Waals surface area contributed by atoms with Crippen LogP contribution in [0, 0.1) is 6.92 Å². The Labute approximate surface area is 143 Å². The summed E-state index contributed by atoms with van der Waals surface area (Å²) in [4.78, 5) is 25.0. The summed E-state index contributed by atoms with van der Waals surface area (Å²) >= 11 is 1.49. The van der Waals surface area contributed by atoms with Crippen LogP contribution in [0.25, 0.3) is 0 Å². The molecule has 2 aromatic rings. The SMILES string of the molecule is Cc1nnc2n1C[C@@H](NC(=O)c1ccc3c(c1)NC(=O)CS3)CC2. The van der Waals surface area contributed by atoms with E-state index >= 15 is 0 Å². The molecule has 124 valence electrons. The Morgan fingerprint density at radius 2 is 2.29 bits per heavy atom. The van der Waals surface area contributed by atoms with E-state index in [0.717, 1.165) is 29.4 Å². The molecular formula is C16H17N5O2S. The van der Waals surface area contributed by atoms with Crippen molar-refractivity contribution in [3.05, 3.63) is 35.4 Å². The standard InChI is InChI=1S/C16H17N5O2S/c1-9-19-20-14-5-3-11(7-21(9)14)17-16(23)10-2-4-13-12(6-10)18-15(22)8-24-13/h2,4,6,11H,3,5,7-8H2,1H3,(H,17,23)(H,18,22)/t11-/m0/s1. The first-order valence-corrected chi connectivity index (χ1v) is 8.85. The molecule has 0 saturated carbocycles. The minimum atomic E-state index is -0.123. The zero-order chi connectivity index (χ0) is 16.7. The summed E-state index contributed by atoms with van der Waals surface area (Å²) in [5.74, 6) is 2.11. The Kier molecular flexibility index (Phi) is 3.76. The maximum absolute atomic E-state index is 12.5. The number of fused-ring (bicyclic) bond motifs is 2. The highest BCUT2D eigenvalue weighted by molar-refractivity contribution is 8.00. The number of aryl methyl sites for hydroxylation is 2. The van der Waals surface area contributed by atoms with Gasteiger partial charge < -0.3 is 15.2 Å². The molecule has 0 unspecified atom stereocenters. The number of aromatic nitrogens is 3. The summed E-state index contributed by atoms with van der Waals surface area (Å²) in [6.45, 7) is 2.61. The van der Waals surface area contributed by atoms with Gasteiger partial charge in [0.1, 0.15) is 11.6 Å². The molecule has 4 rings (SSSR count). The predicted octanol–water partition coefficient (Wildman–Crippen LogP) is 1.38. The van der Waals surface area contributed by atoms with Gasteiger partial charge in [-0.25, -0.2) is 0 Å². The van der Waals surface area contributed by atoms with Crippen molar-refractivity contribution >= 4 is 29.3 Å².